The SMILES string of the molecule is C#CCC.CC1CCC=CCC1. The second-order valence-corrected chi connectivity index (χ2v) is 3.29. The lowest BCUT2D eigenvalue weighted by Crippen LogP contribution is -1.89. The molecule has 0 amide bonds. The average molecular weight is 164 g/mol. The summed E-state index contributed by atoms with van der Waals surface area (Å²) in [5.74, 6) is 3.39. The van der Waals surface area contributed by atoms with Crippen LogP contribution >= 0.6 is 0 Å². The first-order chi connectivity index (χ1) is 5.81. The van der Waals surface area contributed by atoms with Gasteiger partial charge in [0.25, 0.3) is 0 Å². The van der Waals surface area contributed by atoms with Crippen LogP contribution in [0.1, 0.15) is 46.0 Å². The maximum absolute atomic E-state index is 4.78. The van der Waals surface area contributed by atoms with Crippen LogP contribution in [0.3, 0.4) is 0 Å². The lowest BCUT2D eigenvalue weighted by Gasteiger charge is -2.02. The Bertz CT molecular complexity index is 138. The Balaban J connectivity index is 0.000000261. The number of terminal acetylenes is 1. The highest BCUT2D eigenvalue weighted by molar-refractivity contribution is 4.85. The molecular weight excluding hydrogens is 144 g/mol. The summed E-state index contributed by atoms with van der Waals surface area (Å²) in [4.78, 5) is 0. The Kier molecular flexibility index (Phi) is 7.91. The van der Waals surface area contributed by atoms with Crippen molar-refractivity contribution < 1.29 is 0 Å². The van der Waals surface area contributed by atoms with Gasteiger partial charge in [0.1, 0.15) is 0 Å². The molecule has 0 spiro atoms. The van der Waals surface area contributed by atoms with E-state index < -0.39 is 0 Å². The molecule has 0 unspecified atom stereocenters. The van der Waals surface area contributed by atoms with Gasteiger partial charge in [-0.2, -0.15) is 0 Å². The van der Waals surface area contributed by atoms with E-state index in [1.807, 2.05) is 6.92 Å². The number of hydrogen-bond donors (Lipinski definition) is 0. The quantitative estimate of drug-likeness (QED) is 0.377. The first-order valence-electron chi connectivity index (χ1n) is 4.89. The van der Waals surface area contributed by atoms with Crippen LogP contribution in [0.25, 0.3) is 0 Å². The Morgan fingerprint density at radius 3 is 2.08 bits per heavy atom. The minimum Gasteiger partial charge on any atom is -0.120 e. The first-order valence-corrected chi connectivity index (χ1v) is 4.89. The van der Waals surface area contributed by atoms with Crippen LogP contribution in [0.2, 0.25) is 0 Å². The van der Waals surface area contributed by atoms with E-state index in [4.69, 9.17) is 6.42 Å². The summed E-state index contributed by atoms with van der Waals surface area (Å²) in [5, 5.41) is 0. The highest BCUT2D eigenvalue weighted by Crippen LogP contribution is 2.16. The van der Waals surface area contributed by atoms with Gasteiger partial charge in [0, 0.05) is 6.42 Å². The fourth-order valence-corrected chi connectivity index (χ4v) is 1.14. The zero-order chi connectivity index (χ0) is 9.23. The lowest BCUT2D eigenvalue weighted by atomic mass is 10.0. The van der Waals surface area contributed by atoms with Crippen molar-refractivity contribution in [1.29, 1.82) is 0 Å². The fourth-order valence-electron chi connectivity index (χ4n) is 1.14. The molecule has 0 radical (unpaired) electrons. The number of hydrogen-bond acceptors (Lipinski definition) is 0. The molecule has 0 bridgehead atoms. The van der Waals surface area contributed by atoms with Crippen molar-refractivity contribution in [1.82, 2.24) is 0 Å². The predicted octanol–water partition coefficient (Wildman–Crippen LogP) is 3.78. The van der Waals surface area contributed by atoms with Crippen LogP contribution < -0.4 is 0 Å². The number of rotatable bonds is 0. The normalized spacial score (nSPS) is 17.1. The third-order valence-corrected chi connectivity index (χ3v) is 2.02. The van der Waals surface area contributed by atoms with E-state index in [2.05, 4.69) is 25.0 Å². The van der Waals surface area contributed by atoms with Gasteiger partial charge in [-0.05, 0) is 31.6 Å². The molecular formula is C12H20. The van der Waals surface area contributed by atoms with E-state index in [-0.39, 0.29) is 0 Å². The molecule has 0 aromatic rings. The molecule has 0 saturated heterocycles. The van der Waals surface area contributed by atoms with Gasteiger partial charge in [-0.1, -0.05) is 26.0 Å². The molecule has 1 aliphatic carbocycles. The van der Waals surface area contributed by atoms with Gasteiger partial charge in [0.05, 0.1) is 0 Å². The largest absolute Gasteiger partial charge is 0.120 e. The van der Waals surface area contributed by atoms with E-state index in [0.717, 1.165) is 12.3 Å². The van der Waals surface area contributed by atoms with E-state index in [9.17, 15) is 0 Å². The van der Waals surface area contributed by atoms with Gasteiger partial charge >= 0.3 is 0 Å². The molecule has 12 heavy (non-hydrogen) atoms. The average Bonchev–Trinajstić information content (AvgIpc) is 2.33. The molecule has 1 rings (SSSR count). The molecule has 0 saturated carbocycles. The summed E-state index contributed by atoms with van der Waals surface area (Å²) in [6.07, 6.45) is 15.7. The van der Waals surface area contributed by atoms with Gasteiger partial charge in [-0.3, -0.25) is 0 Å². The summed E-state index contributed by atoms with van der Waals surface area (Å²) in [6, 6.07) is 0. The van der Waals surface area contributed by atoms with Crippen molar-refractivity contribution in [3.05, 3.63) is 12.2 Å². The van der Waals surface area contributed by atoms with Crippen molar-refractivity contribution in [2.75, 3.05) is 0 Å². The summed E-state index contributed by atoms with van der Waals surface area (Å²) in [6.45, 7) is 4.28. The molecule has 0 fully saturated rings. The number of allylic oxidation sites excluding steroid dienone is 2. The summed E-state index contributed by atoms with van der Waals surface area (Å²) < 4.78 is 0. The van der Waals surface area contributed by atoms with Crippen LogP contribution in [0.15, 0.2) is 12.2 Å². The molecule has 0 N–H and O–H groups in total. The zero-order valence-corrected chi connectivity index (χ0v) is 8.34. The lowest BCUT2D eigenvalue weighted by molar-refractivity contribution is 0.513. The minimum absolute atomic E-state index is 0.847. The topological polar surface area (TPSA) is 0 Å². The fraction of sp³-hybridized carbons (Fsp3) is 0.667. The van der Waals surface area contributed by atoms with Crippen molar-refractivity contribution >= 4 is 0 Å². The minimum atomic E-state index is 0.847. The molecule has 68 valence electrons. The first kappa shape index (κ1) is 11.3. The van der Waals surface area contributed by atoms with E-state index >= 15 is 0 Å². The third-order valence-electron chi connectivity index (χ3n) is 2.02. The van der Waals surface area contributed by atoms with Crippen molar-refractivity contribution in [3.8, 4) is 12.3 Å². The van der Waals surface area contributed by atoms with Crippen molar-refractivity contribution in [2.24, 2.45) is 5.92 Å². The van der Waals surface area contributed by atoms with Gasteiger partial charge in [-0.25, -0.2) is 0 Å². The maximum Gasteiger partial charge on any atom is 0.00576 e. The maximum atomic E-state index is 4.78. The van der Waals surface area contributed by atoms with Crippen molar-refractivity contribution in [2.45, 2.75) is 46.0 Å². The van der Waals surface area contributed by atoms with E-state index in [1.165, 1.54) is 25.7 Å². The highest BCUT2D eigenvalue weighted by Gasteiger charge is 2.00. The van der Waals surface area contributed by atoms with E-state index in [0.29, 0.717) is 0 Å². The third kappa shape index (κ3) is 7.41. The Labute approximate surface area is 77.1 Å². The second-order valence-electron chi connectivity index (χ2n) is 3.29. The van der Waals surface area contributed by atoms with Crippen LogP contribution in [-0.4, -0.2) is 0 Å². The Morgan fingerprint density at radius 2 is 1.75 bits per heavy atom. The molecule has 0 heteroatoms. The molecule has 0 heterocycles. The van der Waals surface area contributed by atoms with Crippen LogP contribution in [0.4, 0.5) is 0 Å². The van der Waals surface area contributed by atoms with Gasteiger partial charge < -0.3 is 0 Å². The standard InChI is InChI=1S/C8H14.C4H6/c1-8-6-4-2-3-5-7-8;1-3-4-2/h2-3,8H,4-7H2,1H3;1H,4H2,2H3. The van der Waals surface area contributed by atoms with Gasteiger partial charge in [0.2, 0.25) is 0 Å². The molecule has 0 aromatic carbocycles. The molecule has 0 aromatic heterocycles. The molecule has 0 aliphatic heterocycles. The van der Waals surface area contributed by atoms with Crippen LogP contribution in [0, 0.1) is 18.3 Å². The zero-order valence-electron chi connectivity index (χ0n) is 8.34. The van der Waals surface area contributed by atoms with Gasteiger partial charge in [-0.15, -0.1) is 12.3 Å². The Hall–Kier alpha value is -0.700. The van der Waals surface area contributed by atoms with Crippen LogP contribution in [-0.2, 0) is 0 Å². The van der Waals surface area contributed by atoms with Gasteiger partial charge in [0.15, 0.2) is 0 Å². The molecule has 1 aliphatic rings. The Morgan fingerprint density at radius 1 is 1.33 bits per heavy atom. The molecule has 0 nitrogen and oxygen atoms in total. The van der Waals surface area contributed by atoms with E-state index in [1.54, 1.807) is 0 Å². The second kappa shape index (κ2) is 8.40. The smallest absolute Gasteiger partial charge is 0.00576 e. The van der Waals surface area contributed by atoms with Crippen LogP contribution in [0.5, 0.6) is 0 Å². The predicted molar refractivity (Wildman–Crippen MR) is 55.9 cm³/mol. The summed E-state index contributed by atoms with van der Waals surface area (Å²) >= 11 is 0. The van der Waals surface area contributed by atoms with Crippen molar-refractivity contribution in [3.63, 3.8) is 0 Å². The highest BCUT2D eigenvalue weighted by atomic mass is 14.1. The monoisotopic (exact) mass is 164 g/mol. The summed E-state index contributed by atoms with van der Waals surface area (Å²) in [7, 11) is 0. The summed E-state index contributed by atoms with van der Waals surface area (Å²) in [5.41, 5.74) is 0. The molecule has 0 atom stereocenters.